The summed E-state index contributed by atoms with van der Waals surface area (Å²) in [6, 6.07) is 4.09. The third-order valence-electron chi connectivity index (χ3n) is 2.61. The van der Waals surface area contributed by atoms with Crippen LogP contribution in [0.1, 0.15) is 36.1 Å². The van der Waals surface area contributed by atoms with E-state index in [2.05, 4.69) is 5.32 Å². The third-order valence-corrected chi connectivity index (χ3v) is 4.08. The van der Waals surface area contributed by atoms with Crippen LogP contribution in [0.25, 0.3) is 0 Å². The Bertz CT molecular complexity index is 414. The van der Waals surface area contributed by atoms with Crippen molar-refractivity contribution in [3.63, 3.8) is 0 Å². The molecule has 0 fully saturated rings. The first-order valence-corrected chi connectivity index (χ1v) is 6.84. The van der Waals surface area contributed by atoms with Crippen LogP contribution in [0.5, 0.6) is 0 Å². The van der Waals surface area contributed by atoms with Gasteiger partial charge >= 0.3 is 0 Å². The Morgan fingerprint density at radius 3 is 2.65 bits per heavy atom. The van der Waals surface area contributed by atoms with E-state index in [0.717, 1.165) is 4.88 Å². The van der Waals surface area contributed by atoms with Gasteiger partial charge in [0.1, 0.15) is 0 Å². The van der Waals surface area contributed by atoms with Gasteiger partial charge in [-0.15, -0.1) is 11.3 Å². The van der Waals surface area contributed by atoms with E-state index in [4.69, 9.17) is 18.0 Å². The summed E-state index contributed by atoms with van der Waals surface area (Å²) in [6.07, 6.45) is 0.636. The molecule has 1 rings (SSSR count). The Balaban J connectivity index is 2.65. The number of amides is 1. The van der Waals surface area contributed by atoms with Gasteiger partial charge in [0.05, 0.1) is 16.9 Å². The zero-order valence-corrected chi connectivity index (χ0v) is 12.0. The van der Waals surface area contributed by atoms with Crippen molar-refractivity contribution in [1.29, 1.82) is 0 Å². The highest BCUT2D eigenvalue weighted by atomic mass is 32.1. The second-order valence-electron chi connectivity index (χ2n) is 4.04. The number of nitrogens with one attached hydrogen (secondary N) is 1. The van der Waals surface area contributed by atoms with Gasteiger partial charge in [0.15, 0.2) is 0 Å². The number of thiophene rings is 1. The van der Waals surface area contributed by atoms with E-state index < -0.39 is 0 Å². The maximum absolute atomic E-state index is 11.9. The van der Waals surface area contributed by atoms with E-state index >= 15 is 0 Å². The largest absolute Gasteiger partial charge is 0.393 e. The van der Waals surface area contributed by atoms with Crippen LogP contribution in [-0.2, 0) is 4.79 Å². The topological polar surface area (TPSA) is 55.1 Å². The summed E-state index contributed by atoms with van der Waals surface area (Å²) >= 11 is 6.57. The van der Waals surface area contributed by atoms with Crippen LogP contribution in [-0.4, -0.2) is 10.9 Å². The summed E-state index contributed by atoms with van der Waals surface area (Å²) in [6.45, 7) is 5.92. The van der Waals surface area contributed by atoms with Crippen LogP contribution in [0, 0.1) is 12.8 Å². The van der Waals surface area contributed by atoms with Crippen LogP contribution in [0.2, 0.25) is 0 Å². The molecule has 0 aliphatic carbocycles. The second-order valence-corrected chi connectivity index (χ2v) is 5.83. The smallest absolute Gasteiger partial charge is 0.230 e. The van der Waals surface area contributed by atoms with Gasteiger partial charge in [-0.3, -0.25) is 4.79 Å². The van der Waals surface area contributed by atoms with E-state index in [0.29, 0.717) is 6.42 Å². The number of rotatable bonds is 5. The lowest BCUT2D eigenvalue weighted by Gasteiger charge is -2.17. The summed E-state index contributed by atoms with van der Waals surface area (Å²) in [4.78, 5) is 14.6. The van der Waals surface area contributed by atoms with Crippen molar-refractivity contribution >= 4 is 34.5 Å². The molecule has 0 bridgehead atoms. The number of aryl methyl sites for hydroxylation is 1. The van der Waals surface area contributed by atoms with E-state index in [1.54, 1.807) is 11.3 Å². The minimum absolute atomic E-state index is 0.00426. The van der Waals surface area contributed by atoms with E-state index in [1.807, 2.05) is 32.9 Å². The molecule has 0 saturated heterocycles. The summed E-state index contributed by atoms with van der Waals surface area (Å²) in [5.74, 6) is -0.452. The van der Waals surface area contributed by atoms with Crippen LogP contribution in [0.3, 0.4) is 0 Å². The molecule has 0 aliphatic rings. The molecule has 2 unspecified atom stereocenters. The van der Waals surface area contributed by atoms with Crippen molar-refractivity contribution in [1.82, 2.24) is 5.32 Å². The lowest BCUT2D eigenvalue weighted by Crippen LogP contribution is -2.38. The number of thiocarbonyl (C=S) groups is 1. The molecule has 17 heavy (non-hydrogen) atoms. The minimum atomic E-state index is -0.367. The van der Waals surface area contributed by atoms with Crippen molar-refractivity contribution in [3.05, 3.63) is 21.9 Å². The monoisotopic (exact) mass is 270 g/mol. The summed E-state index contributed by atoms with van der Waals surface area (Å²) in [5, 5.41) is 2.95. The molecule has 0 saturated carbocycles. The predicted octanol–water partition coefficient (Wildman–Crippen LogP) is 2.55. The first kappa shape index (κ1) is 14.1. The molecule has 3 N–H and O–H groups in total. The lowest BCUT2D eigenvalue weighted by molar-refractivity contribution is -0.123. The molecule has 0 radical (unpaired) electrons. The SMILES string of the molecule is CCC(C(=O)NC(C)c1ccc(C)s1)C(N)=S. The number of carbonyl (C=O) groups is 1. The van der Waals surface area contributed by atoms with Crippen molar-refractivity contribution in [2.45, 2.75) is 33.2 Å². The third kappa shape index (κ3) is 3.78. The molecule has 1 aromatic rings. The van der Waals surface area contributed by atoms with Crippen molar-refractivity contribution in [3.8, 4) is 0 Å². The maximum atomic E-state index is 11.9. The molecule has 94 valence electrons. The number of nitrogens with two attached hydrogens (primary N) is 1. The predicted molar refractivity (Wildman–Crippen MR) is 76.2 cm³/mol. The van der Waals surface area contributed by atoms with E-state index in [-0.39, 0.29) is 22.9 Å². The molecular formula is C12H18N2OS2. The molecule has 0 spiro atoms. The van der Waals surface area contributed by atoms with Gasteiger partial charge in [-0.1, -0.05) is 19.1 Å². The zero-order valence-electron chi connectivity index (χ0n) is 10.3. The van der Waals surface area contributed by atoms with Gasteiger partial charge < -0.3 is 11.1 Å². The quantitative estimate of drug-likeness (QED) is 0.808. The Hall–Kier alpha value is -0.940. The highest BCUT2D eigenvalue weighted by Gasteiger charge is 2.21. The Labute approximate surface area is 111 Å². The molecule has 1 aromatic heterocycles. The van der Waals surface area contributed by atoms with E-state index in [1.165, 1.54) is 4.88 Å². The average molecular weight is 270 g/mol. The molecule has 2 atom stereocenters. The number of hydrogen-bond acceptors (Lipinski definition) is 3. The summed E-state index contributed by atoms with van der Waals surface area (Å²) in [7, 11) is 0. The first-order valence-electron chi connectivity index (χ1n) is 5.61. The fourth-order valence-electron chi connectivity index (χ4n) is 1.59. The molecule has 1 heterocycles. The Morgan fingerprint density at radius 2 is 2.24 bits per heavy atom. The second kappa shape index (κ2) is 6.12. The normalized spacial score (nSPS) is 14.1. The van der Waals surface area contributed by atoms with Crippen LogP contribution >= 0.6 is 23.6 Å². The fourth-order valence-corrected chi connectivity index (χ4v) is 2.74. The molecular weight excluding hydrogens is 252 g/mol. The van der Waals surface area contributed by atoms with Gasteiger partial charge in [0.25, 0.3) is 0 Å². The maximum Gasteiger partial charge on any atom is 0.230 e. The highest BCUT2D eigenvalue weighted by molar-refractivity contribution is 7.80. The standard InChI is InChI=1S/C12H18N2OS2/c1-4-9(11(13)16)12(15)14-8(3)10-6-5-7(2)17-10/h5-6,8-9H,4H2,1-3H3,(H2,13,16)(H,14,15). The first-order chi connectivity index (χ1) is 7.95. The number of hydrogen-bond donors (Lipinski definition) is 2. The summed E-state index contributed by atoms with van der Waals surface area (Å²) < 4.78 is 0. The molecule has 1 amide bonds. The zero-order chi connectivity index (χ0) is 13.0. The van der Waals surface area contributed by atoms with Crippen molar-refractivity contribution < 1.29 is 4.79 Å². The average Bonchev–Trinajstić information content (AvgIpc) is 2.65. The molecule has 5 heteroatoms. The fraction of sp³-hybridized carbons (Fsp3) is 0.500. The van der Waals surface area contributed by atoms with Gasteiger partial charge in [-0.05, 0) is 32.4 Å². The minimum Gasteiger partial charge on any atom is -0.393 e. The van der Waals surface area contributed by atoms with Gasteiger partial charge in [0, 0.05) is 9.75 Å². The van der Waals surface area contributed by atoms with Crippen LogP contribution in [0.4, 0.5) is 0 Å². The van der Waals surface area contributed by atoms with Crippen molar-refractivity contribution in [2.24, 2.45) is 11.7 Å². The molecule has 0 aliphatic heterocycles. The van der Waals surface area contributed by atoms with Crippen molar-refractivity contribution in [2.75, 3.05) is 0 Å². The highest BCUT2D eigenvalue weighted by Crippen LogP contribution is 2.22. The Morgan fingerprint density at radius 1 is 1.59 bits per heavy atom. The Kier molecular flexibility index (Phi) is 5.08. The van der Waals surface area contributed by atoms with E-state index in [9.17, 15) is 4.79 Å². The van der Waals surface area contributed by atoms with Crippen LogP contribution in [0.15, 0.2) is 12.1 Å². The number of carbonyl (C=O) groups excluding carboxylic acids is 1. The molecule has 3 nitrogen and oxygen atoms in total. The van der Waals surface area contributed by atoms with Gasteiger partial charge in [-0.2, -0.15) is 0 Å². The summed E-state index contributed by atoms with van der Waals surface area (Å²) in [5.41, 5.74) is 5.54. The van der Waals surface area contributed by atoms with Gasteiger partial charge in [-0.25, -0.2) is 0 Å². The lowest BCUT2D eigenvalue weighted by atomic mass is 10.1. The molecule has 0 aromatic carbocycles. The van der Waals surface area contributed by atoms with Crippen LogP contribution < -0.4 is 11.1 Å². The van der Waals surface area contributed by atoms with Gasteiger partial charge in [0.2, 0.25) is 5.91 Å².